The highest BCUT2D eigenvalue weighted by atomic mass is 19.1. The van der Waals surface area contributed by atoms with Crippen molar-refractivity contribution in [1.29, 1.82) is 0 Å². The summed E-state index contributed by atoms with van der Waals surface area (Å²) in [6.07, 6.45) is 0.592. The molecule has 1 aromatic rings. The Kier molecular flexibility index (Phi) is 1.70. The molecule has 2 amide bonds. The molecule has 0 aliphatic carbocycles. The number of amides is 2. The molecule has 0 radical (unpaired) electrons. The second-order valence-corrected chi connectivity index (χ2v) is 4.35. The Morgan fingerprint density at radius 2 is 2.38 bits per heavy atom. The average molecular weight is 222 g/mol. The van der Waals surface area contributed by atoms with Crippen molar-refractivity contribution in [2.45, 2.75) is 25.1 Å². The van der Waals surface area contributed by atoms with Gasteiger partial charge in [0, 0.05) is 12.0 Å². The van der Waals surface area contributed by atoms with E-state index < -0.39 is 11.5 Å². The molecule has 2 heterocycles. The minimum Gasteiger partial charge on any atom is -0.465 e. The van der Waals surface area contributed by atoms with Crippen LogP contribution in [-0.4, -0.2) is 11.8 Å². The minimum atomic E-state index is -0.817. The Morgan fingerprint density at radius 3 is 3.19 bits per heavy atom. The van der Waals surface area contributed by atoms with E-state index in [0.29, 0.717) is 12.0 Å². The number of para-hydroxylation sites is 1. The SMILES string of the molecule is CC12CC(NC(=O)N1)c1cccc(F)c1O2. The van der Waals surface area contributed by atoms with E-state index in [1.54, 1.807) is 19.1 Å². The molecule has 2 aliphatic heterocycles. The number of hydrogen-bond donors (Lipinski definition) is 2. The molecule has 0 aromatic heterocycles. The first-order valence-corrected chi connectivity index (χ1v) is 5.13. The summed E-state index contributed by atoms with van der Waals surface area (Å²) >= 11 is 0. The van der Waals surface area contributed by atoms with Gasteiger partial charge in [-0.25, -0.2) is 9.18 Å². The normalized spacial score (nSPS) is 30.9. The van der Waals surface area contributed by atoms with Crippen LogP contribution in [0.4, 0.5) is 9.18 Å². The van der Waals surface area contributed by atoms with Gasteiger partial charge in [-0.2, -0.15) is 0 Å². The van der Waals surface area contributed by atoms with Gasteiger partial charge in [0.1, 0.15) is 0 Å². The van der Waals surface area contributed by atoms with Gasteiger partial charge in [0.15, 0.2) is 17.3 Å². The number of nitrogens with one attached hydrogen (secondary N) is 2. The number of benzene rings is 1. The number of halogens is 1. The standard InChI is InChI=1S/C11H11FN2O2/c1-11-5-8(13-10(15)14-11)6-3-2-4-7(12)9(6)16-11/h2-4,8H,5H2,1H3,(H2,13,14,15). The van der Waals surface area contributed by atoms with Gasteiger partial charge >= 0.3 is 6.03 Å². The summed E-state index contributed by atoms with van der Waals surface area (Å²) in [5, 5.41) is 5.41. The molecule has 1 fully saturated rings. The van der Waals surface area contributed by atoms with Crippen LogP contribution in [0.5, 0.6) is 5.75 Å². The highest BCUT2D eigenvalue weighted by Gasteiger charge is 2.44. The molecule has 1 saturated heterocycles. The summed E-state index contributed by atoms with van der Waals surface area (Å²) in [5.74, 6) is -0.167. The van der Waals surface area contributed by atoms with Crippen LogP contribution in [0, 0.1) is 5.82 Å². The molecule has 0 spiro atoms. The lowest BCUT2D eigenvalue weighted by molar-refractivity contribution is 0.00807. The van der Waals surface area contributed by atoms with Gasteiger partial charge in [-0.05, 0) is 13.0 Å². The first-order valence-electron chi connectivity index (χ1n) is 5.13. The monoisotopic (exact) mass is 222 g/mol. The molecule has 5 heteroatoms. The third-order valence-electron chi connectivity index (χ3n) is 2.98. The summed E-state index contributed by atoms with van der Waals surface area (Å²) in [4.78, 5) is 11.4. The molecule has 1 aromatic carbocycles. The zero-order valence-corrected chi connectivity index (χ0v) is 8.71. The highest BCUT2D eigenvalue weighted by molar-refractivity contribution is 5.77. The van der Waals surface area contributed by atoms with Gasteiger partial charge in [-0.3, -0.25) is 0 Å². The van der Waals surface area contributed by atoms with E-state index >= 15 is 0 Å². The number of rotatable bonds is 0. The molecule has 2 bridgehead atoms. The maximum atomic E-state index is 13.6. The van der Waals surface area contributed by atoms with E-state index in [1.807, 2.05) is 0 Å². The van der Waals surface area contributed by atoms with Crippen LogP contribution in [0.1, 0.15) is 24.9 Å². The Hall–Kier alpha value is -1.78. The predicted molar refractivity (Wildman–Crippen MR) is 54.5 cm³/mol. The van der Waals surface area contributed by atoms with Crippen molar-refractivity contribution < 1.29 is 13.9 Å². The van der Waals surface area contributed by atoms with Crippen LogP contribution in [-0.2, 0) is 0 Å². The predicted octanol–water partition coefficient (Wildman–Crippen LogP) is 1.68. The molecule has 3 rings (SSSR count). The number of hydrogen-bond acceptors (Lipinski definition) is 2. The van der Waals surface area contributed by atoms with Gasteiger partial charge in [-0.1, -0.05) is 12.1 Å². The van der Waals surface area contributed by atoms with E-state index in [0.717, 1.165) is 0 Å². The van der Waals surface area contributed by atoms with Crippen molar-refractivity contribution in [3.8, 4) is 5.75 Å². The maximum absolute atomic E-state index is 13.6. The van der Waals surface area contributed by atoms with Crippen molar-refractivity contribution in [2.75, 3.05) is 0 Å². The quantitative estimate of drug-likeness (QED) is 0.701. The topological polar surface area (TPSA) is 50.4 Å². The molecule has 2 unspecified atom stereocenters. The molecular weight excluding hydrogens is 211 g/mol. The minimum absolute atomic E-state index is 0.182. The van der Waals surface area contributed by atoms with Gasteiger partial charge in [0.05, 0.1) is 6.04 Å². The third kappa shape index (κ3) is 1.24. The first-order chi connectivity index (χ1) is 7.57. The van der Waals surface area contributed by atoms with Crippen molar-refractivity contribution in [2.24, 2.45) is 0 Å². The molecule has 2 aliphatic rings. The Labute approximate surface area is 91.8 Å². The van der Waals surface area contributed by atoms with Crippen LogP contribution in [0.25, 0.3) is 0 Å². The molecular formula is C11H11FN2O2. The van der Waals surface area contributed by atoms with Crippen molar-refractivity contribution >= 4 is 6.03 Å². The Balaban J connectivity index is 2.14. The lowest BCUT2D eigenvalue weighted by Gasteiger charge is -2.44. The highest BCUT2D eigenvalue weighted by Crippen LogP contribution is 2.41. The van der Waals surface area contributed by atoms with Crippen molar-refractivity contribution in [1.82, 2.24) is 10.6 Å². The fourth-order valence-electron chi connectivity index (χ4n) is 2.31. The molecule has 4 nitrogen and oxygen atoms in total. The second-order valence-electron chi connectivity index (χ2n) is 4.35. The molecule has 2 N–H and O–H groups in total. The van der Waals surface area contributed by atoms with Crippen LogP contribution in [0.2, 0.25) is 0 Å². The molecule has 2 atom stereocenters. The van der Waals surface area contributed by atoms with E-state index in [1.165, 1.54) is 6.07 Å². The zero-order valence-electron chi connectivity index (χ0n) is 8.71. The molecule has 16 heavy (non-hydrogen) atoms. The number of fused-ring (bicyclic) bond motifs is 4. The average Bonchev–Trinajstić information content (AvgIpc) is 2.18. The third-order valence-corrected chi connectivity index (χ3v) is 2.98. The van der Waals surface area contributed by atoms with Crippen LogP contribution < -0.4 is 15.4 Å². The van der Waals surface area contributed by atoms with Gasteiger partial charge in [-0.15, -0.1) is 0 Å². The van der Waals surface area contributed by atoms with Crippen LogP contribution >= 0.6 is 0 Å². The maximum Gasteiger partial charge on any atom is 0.318 e. The fourth-order valence-corrected chi connectivity index (χ4v) is 2.31. The van der Waals surface area contributed by atoms with Gasteiger partial charge in [0.25, 0.3) is 0 Å². The summed E-state index contributed by atoms with van der Waals surface area (Å²) in [6, 6.07) is 4.28. The smallest absolute Gasteiger partial charge is 0.318 e. The Bertz CT molecular complexity index is 477. The summed E-state index contributed by atoms with van der Waals surface area (Å²) in [5.41, 5.74) is -0.116. The molecule has 0 saturated carbocycles. The largest absolute Gasteiger partial charge is 0.465 e. The zero-order chi connectivity index (χ0) is 11.3. The second kappa shape index (κ2) is 2.87. The summed E-state index contributed by atoms with van der Waals surface area (Å²) in [7, 11) is 0. The fraction of sp³-hybridized carbons (Fsp3) is 0.364. The number of ether oxygens (including phenoxy) is 1. The summed E-state index contributed by atoms with van der Waals surface area (Å²) < 4.78 is 19.1. The summed E-state index contributed by atoms with van der Waals surface area (Å²) in [6.45, 7) is 1.74. The number of carbonyl (C=O) groups excluding carboxylic acids is 1. The van der Waals surface area contributed by atoms with Crippen LogP contribution in [0.3, 0.4) is 0 Å². The number of carbonyl (C=O) groups is 1. The number of urea groups is 1. The molecule has 84 valence electrons. The van der Waals surface area contributed by atoms with Gasteiger partial charge in [0.2, 0.25) is 0 Å². The van der Waals surface area contributed by atoms with Crippen molar-refractivity contribution in [3.05, 3.63) is 29.6 Å². The lowest BCUT2D eigenvalue weighted by Crippen LogP contribution is -2.62. The first kappa shape index (κ1) is 9.45. The Morgan fingerprint density at radius 1 is 1.56 bits per heavy atom. The van der Waals surface area contributed by atoms with E-state index in [9.17, 15) is 9.18 Å². The van der Waals surface area contributed by atoms with Crippen molar-refractivity contribution in [3.63, 3.8) is 0 Å². The van der Waals surface area contributed by atoms with E-state index in [2.05, 4.69) is 10.6 Å². The lowest BCUT2D eigenvalue weighted by atomic mass is 9.92. The van der Waals surface area contributed by atoms with E-state index in [-0.39, 0.29) is 17.8 Å². The van der Waals surface area contributed by atoms with E-state index in [4.69, 9.17) is 4.74 Å². The van der Waals surface area contributed by atoms with Crippen LogP contribution in [0.15, 0.2) is 18.2 Å². The van der Waals surface area contributed by atoms with Gasteiger partial charge < -0.3 is 15.4 Å².